The van der Waals surface area contributed by atoms with E-state index in [1.807, 2.05) is 66.7 Å². The Morgan fingerprint density at radius 2 is 1.44 bits per heavy atom. The number of carbonyl (C=O) groups is 1. The summed E-state index contributed by atoms with van der Waals surface area (Å²) in [6.45, 7) is 1.39. The second-order valence-electron chi connectivity index (χ2n) is 10.8. The maximum Gasteiger partial charge on any atom is 0.514 e. The van der Waals surface area contributed by atoms with Gasteiger partial charge in [0.05, 0.1) is 5.69 Å². The van der Waals surface area contributed by atoms with Crippen molar-refractivity contribution >= 4 is 17.5 Å². The average Bonchev–Trinajstić information content (AvgIpc) is 3.76. The van der Waals surface area contributed by atoms with Crippen LogP contribution in [0.4, 0.5) is 16.2 Å². The fourth-order valence-corrected chi connectivity index (χ4v) is 6.31. The highest BCUT2D eigenvalue weighted by Gasteiger charge is 2.58. The minimum Gasteiger partial charge on any atom is -0.452 e. The Bertz CT molecular complexity index is 1640. The molecule has 0 radical (unpaired) electrons. The molecule has 2 fully saturated rings. The van der Waals surface area contributed by atoms with Crippen molar-refractivity contribution in [1.29, 1.82) is 0 Å². The van der Waals surface area contributed by atoms with Crippen molar-refractivity contribution in [2.24, 2.45) is 0 Å². The molecule has 0 unspecified atom stereocenters. The summed E-state index contributed by atoms with van der Waals surface area (Å²) in [6, 6.07) is 30.2. The zero-order chi connectivity index (χ0) is 30.9. The van der Waals surface area contributed by atoms with Crippen LogP contribution in [-0.4, -0.2) is 67.6 Å². The molecule has 12 nitrogen and oxygen atoms in total. The molecule has 4 heterocycles. The molecule has 4 atom stereocenters. The van der Waals surface area contributed by atoms with Crippen molar-refractivity contribution in [1.82, 2.24) is 9.55 Å². The molecule has 3 aliphatic heterocycles. The lowest BCUT2D eigenvalue weighted by Gasteiger charge is -2.34. The molecule has 45 heavy (non-hydrogen) atoms. The first-order chi connectivity index (χ1) is 22.1. The highest BCUT2D eigenvalue weighted by atomic mass is 16.8. The van der Waals surface area contributed by atoms with Gasteiger partial charge in [0.1, 0.15) is 11.9 Å². The van der Waals surface area contributed by atoms with Crippen molar-refractivity contribution in [2.45, 2.75) is 37.0 Å². The number of nitrogens with zero attached hydrogens (tertiary/aromatic N) is 4. The first kappa shape index (κ1) is 28.8. The van der Waals surface area contributed by atoms with Crippen LogP contribution >= 0.6 is 0 Å². The predicted molar refractivity (Wildman–Crippen MR) is 162 cm³/mol. The molecule has 0 spiro atoms. The summed E-state index contributed by atoms with van der Waals surface area (Å²) in [5, 5.41) is 0. The van der Waals surface area contributed by atoms with Gasteiger partial charge in [-0.15, -0.1) is 0 Å². The monoisotopic (exact) mass is 612 g/mol. The van der Waals surface area contributed by atoms with Gasteiger partial charge in [-0.1, -0.05) is 54.6 Å². The van der Waals surface area contributed by atoms with E-state index in [4.69, 9.17) is 28.4 Å². The lowest BCUT2D eigenvalue weighted by molar-refractivity contribution is -0.199. The first-order valence-electron chi connectivity index (χ1n) is 14.6. The van der Waals surface area contributed by atoms with Crippen molar-refractivity contribution in [2.75, 3.05) is 37.1 Å². The van der Waals surface area contributed by atoms with E-state index >= 15 is 0 Å². The molecule has 0 amide bonds. The fourth-order valence-electron chi connectivity index (χ4n) is 6.31. The van der Waals surface area contributed by atoms with Crippen LogP contribution in [0.15, 0.2) is 102 Å². The zero-order valence-corrected chi connectivity index (χ0v) is 24.7. The molecule has 4 aromatic rings. The standard InChI is InChI=1S/C33H32N4O8/c1-40-31(41-2)28-26(45-33(39)42-23-16-10-5-11-17-23)27-30(43-28)37-24(20-25(38)34-32(37)44-27)29-35(21-12-6-3-7-13-21)18-19-36(29)22-14-8-4-9-15-22/h3-17,20,26-31H,18-19H2,1-2H3/t26-,27-,28-,30+/m0/s1. The molecule has 2 saturated heterocycles. The zero-order valence-electron chi connectivity index (χ0n) is 24.7. The number of hydrogen-bond donors (Lipinski definition) is 0. The van der Waals surface area contributed by atoms with Crippen LogP contribution in [0.25, 0.3) is 0 Å². The van der Waals surface area contributed by atoms with Crippen molar-refractivity contribution < 1.29 is 33.2 Å². The van der Waals surface area contributed by atoms with E-state index in [2.05, 4.69) is 14.8 Å². The molecular weight excluding hydrogens is 580 g/mol. The highest BCUT2D eigenvalue weighted by Crippen LogP contribution is 2.46. The van der Waals surface area contributed by atoms with Gasteiger partial charge in [-0.05, 0) is 36.4 Å². The minimum absolute atomic E-state index is 0.0651. The van der Waals surface area contributed by atoms with Gasteiger partial charge in [0.2, 0.25) is 0 Å². The molecule has 1 aromatic heterocycles. The number of rotatable bonds is 8. The molecule has 0 bridgehead atoms. The second-order valence-corrected chi connectivity index (χ2v) is 10.8. The maximum absolute atomic E-state index is 13.1. The van der Waals surface area contributed by atoms with Crippen LogP contribution in [0.5, 0.6) is 11.8 Å². The molecule has 0 N–H and O–H groups in total. The molecular formula is C33H32N4O8. The SMILES string of the molecule is COC(OC)[C@H]1O[C@@H]2[C@@H](Oc3nc(=O)cc(C4N(c5ccccc5)CCN4c4ccccc4)n32)[C@@H]1OC(=O)Oc1ccccc1. The Balaban J connectivity index is 1.28. The smallest absolute Gasteiger partial charge is 0.452 e. The highest BCUT2D eigenvalue weighted by molar-refractivity contribution is 5.64. The van der Waals surface area contributed by atoms with Crippen molar-refractivity contribution in [3.05, 3.63) is 113 Å². The Kier molecular flexibility index (Phi) is 7.84. The normalized spacial score (nSPS) is 22.3. The number of aromatic nitrogens is 2. The number of para-hydroxylation sites is 3. The summed E-state index contributed by atoms with van der Waals surface area (Å²) in [5.41, 5.74) is 2.13. The maximum atomic E-state index is 13.1. The van der Waals surface area contributed by atoms with Gasteiger partial charge in [-0.25, -0.2) is 4.79 Å². The Labute approximate surface area is 259 Å². The van der Waals surface area contributed by atoms with Crippen LogP contribution in [0, 0.1) is 0 Å². The van der Waals surface area contributed by atoms with Gasteiger partial charge < -0.3 is 38.2 Å². The number of carbonyl (C=O) groups excluding carboxylic acids is 1. The lowest BCUT2D eigenvalue weighted by Crippen LogP contribution is -2.45. The summed E-state index contributed by atoms with van der Waals surface area (Å²) < 4.78 is 36.9. The van der Waals surface area contributed by atoms with Crippen molar-refractivity contribution in [3.63, 3.8) is 0 Å². The average molecular weight is 613 g/mol. The molecule has 3 aliphatic rings. The summed E-state index contributed by atoms with van der Waals surface area (Å²) in [6.07, 6.45) is -5.90. The van der Waals surface area contributed by atoms with Crippen LogP contribution in [0.3, 0.4) is 0 Å². The number of ether oxygens (including phenoxy) is 6. The van der Waals surface area contributed by atoms with E-state index in [1.54, 1.807) is 28.8 Å². The molecule has 12 heteroatoms. The Morgan fingerprint density at radius 3 is 2.02 bits per heavy atom. The van der Waals surface area contributed by atoms with E-state index in [1.165, 1.54) is 20.3 Å². The number of hydrogen-bond acceptors (Lipinski definition) is 11. The van der Waals surface area contributed by atoms with Gasteiger partial charge >= 0.3 is 12.2 Å². The molecule has 7 rings (SSSR count). The third kappa shape index (κ3) is 5.37. The van der Waals surface area contributed by atoms with Crippen LogP contribution in [-0.2, 0) is 18.9 Å². The summed E-state index contributed by atoms with van der Waals surface area (Å²) in [4.78, 5) is 34.7. The summed E-state index contributed by atoms with van der Waals surface area (Å²) in [7, 11) is 2.94. The molecule has 0 aliphatic carbocycles. The van der Waals surface area contributed by atoms with E-state index in [-0.39, 0.29) is 6.01 Å². The second kappa shape index (κ2) is 12.2. The first-order valence-corrected chi connectivity index (χ1v) is 14.6. The quantitative estimate of drug-likeness (QED) is 0.163. The third-order valence-electron chi connectivity index (χ3n) is 8.20. The summed E-state index contributed by atoms with van der Waals surface area (Å²) in [5.74, 6) is 0.317. The number of methoxy groups -OCH3 is 2. The van der Waals surface area contributed by atoms with Gasteiger partial charge in [-0.2, -0.15) is 4.98 Å². The number of anilines is 2. The molecule has 3 aromatic carbocycles. The van der Waals surface area contributed by atoms with Gasteiger partial charge in [0.25, 0.3) is 5.56 Å². The van der Waals surface area contributed by atoms with Crippen LogP contribution in [0.1, 0.15) is 18.1 Å². The fraction of sp³-hybridized carbons (Fsp3) is 0.303. The molecule has 232 valence electrons. The minimum atomic E-state index is -1.03. The van der Waals surface area contributed by atoms with Crippen LogP contribution in [0.2, 0.25) is 0 Å². The Morgan fingerprint density at radius 1 is 0.867 bits per heavy atom. The van der Waals surface area contributed by atoms with E-state index < -0.39 is 48.7 Å². The summed E-state index contributed by atoms with van der Waals surface area (Å²) >= 11 is 0. The lowest BCUT2D eigenvalue weighted by atomic mass is 10.1. The van der Waals surface area contributed by atoms with Gasteiger partial charge in [-0.3, -0.25) is 9.36 Å². The van der Waals surface area contributed by atoms with E-state index in [9.17, 15) is 9.59 Å². The van der Waals surface area contributed by atoms with E-state index in [0.717, 1.165) is 11.4 Å². The Hall–Kier alpha value is -4.91. The molecule has 0 saturated carbocycles. The van der Waals surface area contributed by atoms with Crippen LogP contribution < -0.4 is 24.8 Å². The van der Waals surface area contributed by atoms with Crippen molar-refractivity contribution in [3.8, 4) is 11.8 Å². The van der Waals surface area contributed by atoms with Gasteiger partial charge in [0.15, 0.2) is 30.8 Å². The third-order valence-corrected chi connectivity index (χ3v) is 8.20. The topological polar surface area (TPSA) is 114 Å². The van der Waals surface area contributed by atoms with Gasteiger partial charge in [0, 0.05) is 44.8 Å². The van der Waals surface area contributed by atoms with E-state index in [0.29, 0.717) is 24.5 Å². The number of benzene rings is 3. The largest absolute Gasteiger partial charge is 0.514 e. The number of fused-ring (bicyclic) bond motifs is 3. The predicted octanol–water partition coefficient (Wildman–Crippen LogP) is 4.13.